The van der Waals surface area contributed by atoms with Crippen LogP contribution in [0.25, 0.3) is 11.1 Å². The topological polar surface area (TPSA) is 25.2 Å². The molecule has 0 aliphatic carbocycles. The molecule has 1 fully saturated rings. The Bertz CT molecular complexity index is 994. The second-order valence-electron chi connectivity index (χ2n) is 7.93. The normalized spacial score (nSPS) is 21.6. The van der Waals surface area contributed by atoms with Crippen molar-refractivity contribution in [3.05, 3.63) is 94.4 Å². The Morgan fingerprint density at radius 2 is 1.56 bits per heavy atom. The minimum Gasteiger partial charge on any atom is -0.311 e. The van der Waals surface area contributed by atoms with E-state index < -0.39 is 0 Å². The zero-order valence-electron chi connectivity index (χ0n) is 15.4. The molecule has 2 aliphatic heterocycles. The van der Waals surface area contributed by atoms with Crippen molar-refractivity contribution in [3.8, 4) is 11.1 Å². The lowest BCUT2D eigenvalue weighted by molar-refractivity contribution is 0.115. The molecule has 0 radical (unpaired) electrons. The standard InChI is InChI=1S/C24H24N2O/c27-23-12-11-22(20-9-5-2-6-10-20)24-21-13-19(16-26(23)24)15-25(17-21)14-18-7-3-1-4-8-18/h1-12,19,21H,13-17H2/t19-,21+/m0/s1. The average molecular weight is 356 g/mol. The summed E-state index contributed by atoms with van der Waals surface area (Å²) in [7, 11) is 0. The molecule has 5 rings (SSSR count). The summed E-state index contributed by atoms with van der Waals surface area (Å²) in [6.07, 6.45) is 1.19. The van der Waals surface area contributed by atoms with Gasteiger partial charge in [0.05, 0.1) is 0 Å². The van der Waals surface area contributed by atoms with Crippen LogP contribution in [0.5, 0.6) is 0 Å². The van der Waals surface area contributed by atoms with Crippen molar-refractivity contribution >= 4 is 0 Å². The summed E-state index contributed by atoms with van der Waals surface area (Å²) in [5, 5.41) is 0. The molecular weight excluding hydrogens is 332 g/mol. The maximum atomic E-state index is 12.6. The zero-order chi connectivity index (χ0) is 18.2. The van der Waals surface area contributed by atoms with Gasteiger partial charge in [-0.1, -0.05) is 60.7 Å². The van der Waals surface area contributed by atoms with Gasteiger partial charge < -0.3 is 4.57 Å². The van der Waals surface area contributed by atoms with Crippen molar-refractivity contribution in [1.82, 2.24) is 9.47 Å². The van der Waals surface area contributed by atoms with E-state index >= 15 is 0 Å². The highest BCUT2D eigenvalue weighted by Crippen LogP contribution is 2.40. The van der Waals surface area contributed by atoms with E-state index in [1.54, 1.807) is 6.07 Å². The van der Waals surface area contributed by atoms with Gasteiger partial charge in [0.2, 0.25) is 0 Å². The second-order valence-corrected chi connectivity index (χ2v) is 7.93. The van der Waals surface area contributed by atoms with Crippen LogP contribution in [0.1, 0.15) is 23.6 Å². The number of benzene rings is 2. The maximum Gasteiger partial charge on any atom is 0.250 e. The smallest absolute Gasteiger partial charge is 0.250 e. The largest absolute Gasteiger partial charge is 0.311 e. The zero-order valence-corrected chi connectivity index (χ0v) is 15.4. The van der Waals surface area contributed by atoms with E-state index in [4.69, 9.17) is 0 Å². The van der Waals surface area contributed by atoms with Crippen LogP contribution in [0, 0.1) is 5.92 Å². The van der Waals surface area contributed by atoms with Crippen LogP contribution >= 0.6 is 0 Å². The lowest BCUT2D eigenvalue weighted by Gasteiger charge is -2.43. The fourth-order valence-corrected chi connectivity index (χ4v) is 4.95. The molecule has 3 heteroatoms. The van der Waals surface area contributed by atoms with Crippen LogP contribution in [-0.4, -0.2) is 22.6 Å². The van der Waals surface area contributed by atoms with E-state index in [-0.39, 0.29) is 5.56 Å². The van der Waals surface area contributed by atoms with Gasteiger partial charge in [-0.25, -0.2) is 0 Å². The molecule has 3 heterocycles. The molecule has 136 valence electrons. The highest BCUT2D eigenvalue weighted by molar-refractivity contribution is 5.66. The van der Waals surface area contributed by atoms with Crippen LogP contribution in [-0.2, 0) is 13.1 Å². The van der Waals surface area contributed by atoms with Crippen molar-refractivity contribution in [2.75, 3.05) is 13.1 Å². The van der Waals surface area contributed by atoms with E-state index in [9.17, 15) is 4.79 Å². The summed E-state index contributed by atoms with van der Waals surface area (Å²) >= 11 is 0. The number of hydrogen-bond acceptors (Lipinski definition) is 2. The van der Waals surface area contributed by atoms with Gasteiger partial charge in [-0.2, -0.15) is 0 Å². The highest BCUT2D eigenvalue weighted by atomic mass is 16.1. The quantitative estimate of drug-likeness (QED) is 0.705. The average Bonchev–Trinajstić information content (AvgIpc) is 2.70. The first-order valence-corrected chi connectivity index (χ1v) is 9.83. The van der Waals surface area contributed by atoms with E-state index in [2.05, 4.69) is 64.1 Å². The van der Waals surface area contributed by atoms with Gasteiger partial charge in [0, 0.05) is 49.4 Å². The molecular formula is C24H24N2O. The third kappa shape index (κ3) is 3.13. The fourth-order valence-electron chi connectivity index (χ4n) is 4.95. The third-order valence-electron chi connectivity index (χ3n) is 6.00. The Balaban J connectivity index is 1.52. The first-order chi connectivity index (χ1) is 13.3. The Morgan fingerprint density at radius 3 is 2.33 bits per heavy atom. The van der Waals surface area contributed by atoms with Gasteiger partial charge in [-0.15, -0.1) is 0 Å². The fraction of sp³-hybridized carbons (Fsp3) is 0.292. The Morgan fingerprint density at radius 1 is 0.815 bits per heavy atom. The van der Waals surface area contributed by atoms with Crippen LogP contribution < -0.4 is 5.56 Å². The maximum absolute atomic E-state index is 12.6. The number of nitrogens with zero attached hydrogens (tertiary/aromatic N) is 2. The van der Waals surface area contributed by atoms with E-state index in [1.165, 1.54) is 28.8 Å². The summed E-state index contributed by atoms with van der Waals surface area (Å²) < 4.78 is 2.06. The molecule has 0 spiro atoms. The second kappa shape index (κ2) is 6.82. The number of aromatic nitrogens is 1. The predicted octanol–water partition coefficient (Wildman–Crippen LogP) is 4.13. The number of piperidine rings is 1. The SMILES string of the molecule is O=c1ccc(-c2ccccc2)c2n1C[C@H]1C[C@@H]2CN(Cc2ccccc2)C1. The molecule has 2 bridgehead atoms. The monoisotopic (exact) mass is 356 g/mol. The summed E-state index contributed by atoms with van der Waals surface area (Å²) in [6, 6.07) is 25.0. The van der Waals surface area contributed by atoms with Gasteiger partial charge in [0.1, 0.15) is 0 Å². The molecule has 2 atom stereocenters. The molecule has 2 aliphatic rings. The summed E-state index contributed by atoms with van der Waals surface area (Å²) in [6.45, 7) is 3.93. The van der Waals surface area contributed by atoms with Crippen LogP contribution in [0.4, 0.5) is 0 Å². The molecule has 1 aromatic heterocycles. The molecule has 1 saturated heterocycles. The van der Waals surface area contributed by atoms with Gasteiger partial charge in [-0.3, -0.25) is 9.69 Å². The lowest BCUT2D eigenvalue weighted by Crippen LogP contribution is -2.47. The minimum atomic E-state index is 0.149. The Kier molecular flexibility index (Phi) is 4.17. The number of likely N-dealkylation sites (tertiary alicyclic amines) is 1. The van der Waals surface area contributed by atoms with Gasteiger partial charge >= 0.3 is 0 Å². The first-order valence-electron chi connectivity index (χ1n) is 9.83. The van der Waals surface area contributed by atoms with Crippen molar-refractivity contribution in [1.29, 1.82) is 0 Å². The van der Waals surface area contributed by atoms with Gasteiger partial charge in [0.15, 0.2) is 0 Å². The van der Waals surface area contributed by atoms with Crippen molar-refractivity contribution < 1.29 is 0 Å². The molecule has 0 N–H and O–H groups in total. The lowest BCUT2D eigenvalue weighted by atomic mass is 9.80. The van der Waals surface area contributed by atoms with Gasteiger partial charge in [0.25, 0.3) is 5.56 Å². The summed E-state index contributed by atoms with van der Waals surface area (Å²) in [4.78, 5) is 15.2. The molecule has 0 unspecified atom stereocenters. The molecule has 0 saturated carbocycles. The number of fused-ring (bicyclic) bond motifs is 4. The summed E-state index contributed by atoms with van der Waals surface area (Å²) in [5.41, 5.74) is 5.19. The van der Waals surface area contributed by atoms with Crippen LogP contribution in [0.15, 0.2) is 77.6 Å². The Hall–Kier alpha value is -2.65. The Labute approximate surface area is 159 Å². The summed E-state index contributed by atoms with van der Waals surface area (Å²) in [5.74, 6) is 0.981. The first kappa shape index (κ1) is 16.5. The van der Waals surface area contributed by atoms with Crippen molar-refractivity contribution in [2.24, 2.45) is 5.92 Å². The number of hydrogen-bond donors (Lipinski definition) is 0. The minimum absolute atomic E-state index is 0.149. The van der Waals surface area contributed by atoms with E-state index in [0.29, 0.717) is 11.8 Å². The molecule has 0 amide bonds. The molecule has 27 heavy (non-hydrogen) atoms. The molecule has 3 nitrogen and oxygen atoms in total. The van der Waals surface area contributed by atoms with E-state index in [1.807, 2.05) is 12.1 Å². The van der Waals surface area contributed by atoms with Crippen LogP contribution in [0.3, 0.4) is 0 Å². The molecule has 2 aromatic carbocycles. The van der Waals surface area contributed by atoms with Crippen molar-refractivity contribution in [3.63, 3.8) is 0 Å². The number of pyridine rings is 1. The predicted molar refractivity (Wildman–Crippen MR) is 109 cm³/mol. The third-order valence-corrected chi connectivity index (χ3v) is 6.00. The van der Waals surface area contributed by atoms with Crippen LogP contribution in [0.2, 0.25) is 0 Å². The van der Waals surface area contributed by atoms with E-state index in [0.717, 1.165) is 26.2 Å². The number of rotatable bonds is 3. The molecule has 3 aromatic rings. The highest BCUT2D eigenvalue weighted by Gasteiger charge is 2.36. The van der Waals surface area contributed by atoms with Gasteiger partial charge in [-0.05, 0) is 29.5 Å². The van der Waals surface area contributed by atoms with Crippen molar-refractivity contribution in [2.45, 2.75) is 25.4 Å².